The van der Waals surface area contributed by atoms with Gasteiger partial charge in [0.15, 0.2) is 0 Å². The van der Waals surface area contributed by atoms with E-state index in [2.05, 4.69) is 45.1 Å². The molecule has 2 fully saturated rings. The summed E-state index contributed by atoms with van der Waals surface area (Å²) in [5.74, 6) is 1.63. The second-order valence-corrected chi connectivity index (χ2v) is 11.3. The van der Waals surface area contributed by atoms with Crippen LogP contribution in [0.5, 0.6) is 11.6 Å². The number of piperidine rings is 1. The molecule has 0 spiro atoms. The maximum Gasteiger partial charge on any atom is 0.226 e. The van der Waals surface area contributed by atoms with E-state index >= 15 is 0 Å². The Hall–Kier alpha value is -2.70. The number of fused-ring (bicyclic) bond motifs is 2. The van der Waals surface area contributed by atoms with Gasteiger partial charge in [0.2, 0.25) is 5.88 Å². The van der Waals surface area contributed by atoms with Crippen molar-refractivity contribution >= 4 is 17.2 Å². The van der Waals surface area contributed by atoms with Crippen LogP contribution < -0.4 is 4.74 Å². The molecule has 6 heteroatoms. The second kappa shape index (κ2) is 11.2. The van der Waals surface area contributed by atoms with Crippen molar-refractivity contribution in [2.75, 3.05) is 32.7 Å². The average molecular weight is 530 g/mol. The molecule has 4 heterocycles. The lowest BCUT2D eigenvalue weighted by Gasteiger charge is -2.38. The first-order valence-corrected chi connectivity index (χ1v) is 14.3. The van der Waals surface area contributed by atoms with Gasteiger partial charge in [-0.1, -0.05) is 41.9 Å². The fourth-order valence-electron chi connectivity index (χ4n) is 6.14. The highest BCUT2D eigenvalue weighted by molar-refractivity contribution is 6.30. The number of pyridine rings is 1. The summed E-state index contributed by atoms with van der Waals surface area (Å²) in [6.07, 6.45) is 10.1. The third kappa shape index (κ3) is 5.52. The van der Waals surface area contributed by atoms with Crippen LogP contribution in [0.15, 0.2) is 66.9 Å². The highest BCUT2D eigenvalue weighted by Crippen LogP contribution is 2.40. The minimum Gasteiger partial charge on any atom is -0.438 e. The molecule has 0 bridgehead atoms. The smallest absolute Gasteiger partial charge is 0.226 e. The molecule has 0 unspecified atom stereocenters. The molecule has 2 aromatic carbocycles. The maximum atomic E-state index is 11.2. The van der Waals surface area contributed by atoms with Gasteiger partial charge in [0.05, 0.1) is 5.60 Å². The molecule has 0 saturated carbocycles. The molecule has 5 nitrogen and oxygen atoms in total. The molecule has 0 radical (unpaired) electrons. The van der Waals surface area contributed by atoms with Gasteiger partial charge in [0, 0.05) is 54.9 Å². The quantitative estimate of drug-likeness (QED) is 0.398. The second-order valence-electron chi connectivity index (χ2n) is 10.9. The highest BCUT2D eigenvalue weighted by atomic mass is 35.5. The Morgan fingerprint density at radius 3 is 2.53 bits per heavy atom. The van der Waals surface area contributed by atoms with E-state index in [9.17, 15) is 5.11 Å². The molecule has 2 saturated heterocycles. The number of allylic oxidation sites excluding steroid dienone is 1. The molecule has 3 aliphatic rings. The van der Waals surface area contributed by atoms with Gasteiger partial charge in [-0.05, 0) is 92.2 Å². The van der Waals surface area contributed by atoms with Crippen molar-refractivity contribution in [2.45, 2.75) is 50.7 Å². The number of aromatic nitrogens is 1. The SMILES string of the molecule is OC1(c2ccc(Cl)cc2)CCN(CCC=C2Cc3c(CN4CCCC4)cccc3Oc3ncccc32)CC1. The Labute approximate surface area is 230 Å². The Bertz CT molecular complexity index is 1290. The summed E-state index contributed by atoms with van der Waals surface area (Å²) in [6.45, 7) is 6.07. The molecule has 198 valence electrons. The maximum absolute atomic E-state index is 11.2. The van der Waals surface area contributed by atoms with Gasteiger partial charge in [0.25, 0.3) is 0 Å². The van der Waals surface area contributed by atoms with Gasteiger partial charge in [-0.15, -0.1) is 0 Å². The highest BCUT2D eigenvalue weighted by Gasteiger charge is 2.33. The number of likely N-dealkylation sites (tertiary alicyclic amines) is 2. The van der Waals surface area contributed by atoms with Gasteiger partial charge in [0.1, 0.15) is 5.75 Å². The molecular formula is C32H36ClN3O2. The zero-order chi connectivity index (χ0) is 26.0. The van der Waals surface area contributed by atoms with Crippen LogP contribution in [0.4, 0.5) is 0 Å². The molecule has 6 rings (SSSR count). The number of ether oxygens (including phenoxy) is 1. The van der Waals surface area contributed by atoms with Crippen LogP contribution >= 0.6 is 11.6 Å². The van der Waals surface area contributed by atoms with Crippen molar-refractivity contribution in [3.63, 3.8) is 0 Å². The van der Waals surface area contributed by atoms with Crippen LogP contribution in [0.3, 0.4) is 0 Å². The molecule has 3 aliphatic heterocycles. The normalized spacial score (nSPS) is 20.5. The predicted octanol–water partition coefficient (Wildman–Crippen LogP) is 6.44. The molecule has 0 aliphatic carbocycles. The Balaban J connectivity index is 1.16. The minimum atomic E-state index is -0.766. The predicted molar refractivity (Wildman–Crippen MR) is 153 cm³/mol. The van der Waals surface area contributed by atoms with E-state index in [1.807, 2.05) is 36.5 Å². The zero-order valence-electron chi connectivity index (χ0n) is 21.9. The van der Waals surface area contributed by atoms with Gasteiger partial charge < -0.3 is 14.7 Å². The lowest BCUT2D eigenvalue weighted by molar-refractivity contribution is -0.0254. The van der Waals surface area contributed by atoms with E-state index in [1.165, 1.54) is 42.6 Å². The number of hydrogen-bond acceptors (Lipinski definition) is 5. The van der Waals surface area contributed by atoms with Crippen molar-refractivity contribution < 1.29 is 9.84 Å². The van der Waals surface area contributed by atoms with E-state index in [0.717, 1.165) is 68.7 Å². The van der Waals surface area contributed by atoms with Crippen LogP contribution in [0.2, 0.25) is 5.02 Å². The number of halogens is 1. The van der Waals surface area contributed by atoms with Crippen molar-refractivity contribution in [1.82, 2.24) is 14.8 Å². The van der Waals surface area contributed by atoms with Gasteiger partial charge >= 0.3 is 0 Å². The van der Waals surface area contributed by atoms with Crippen LogP contribution in [0, 0.1) is 0 Å². The van der Waals surface area contributed by atoms with Crippen LogP contribution in [-0.4, -0.2) is 52.6 Å². The van der Waals surface area contributed by atoms with Crippen LogP contribution in [0.1, 0.15) is 54.4 Å². The van der Waals surface area contributed by atoms with Crippen LogP contribution in [0.25, 0.3) is 5.57 Å². The summed E-state index contributed by atoms with van der Waals surface area (Å²) in [6, 6.07) is 18.2. The van der Waals surface area contributed by atoms with Gasteiger partial charge in [-0.2, -0.15) is 0 Å². The third-order valence-electron chi connectivity index (χ3n) is 8.41. The lowest BCUT2D eigenvalue weighted by atomic mass is 9.84. The number of rotatable bonds is 6. The fraction of sp³-hybridized carbons (Fsp3) is 0.406. The fourth-order valence-corrected chi connectivity index (χ4v) is 6.27. The number of benzene rings is 2. The van der Waals surface area contributed by atoms with Gasteiger partial charge in [-0.3, -0.25) is 4.90 Å². The summed E-state index contributed by atoms with van der Waals surface area (Å²) in [5.41, 5.74) is 5.23. The molecule has 1 N–H and O–H groups in total. The van der Waals surface area contributed by atoms with Gasteiger partial charge in [-0.25, -0.2) is 4.98 Å². The summed E-state index contributed by atoms with van der Waals surface area (Å²) >= 11 is 6.05. The third-order valence-corrected chi connectivity index (χ3v) is 8.67. The first-order chi connectivity index (χ1) is 18.6. The molecule has 1 aromatic heterocycles. The number of nitrogens with zero attached hydrogens (tertiary/aromatic N) is 3. The monoisotopic (exact) mass is 529 g/mol. The Kier molecular flexibility index (Phi) is 7.53. The van der Waals surface area contributed by atoms with Crippen molar-refractivity contribution in [3.05, 3.63) is 94.1 Å². The first-order valence-electron chi connectivity index (χ1n) is 13.9. The summed E-state index contributed by atoms with van der Waals surface area (Å²) in [5, 5.41) is 11.9. The molecule has 3 aromatic rings. The van der Waals surface area contributed by atoms with E-state index < -0.39 is 5.60 Å². The average Bonchev–Trinajstić information content (AvgIpc) is 3.38. The molecule has 0 amide bonds. The molecule has 38 heavy (non-hydrogen) atoms. The first kappa shape index (κ1) is 25.6. The molecular weight excluding hydrogens is 494 g/mol. The largest absolute Gasteiger partial charge is 0.438 e. The van der Waals surface area contributed by atoms with E-state index in [4.69, 9.17) is 16.3 Å². The van der Waals surface area contributed by atoms with Crippen molar-refractivity contribution in [2.24, 2.45) is 0 Å². The van der Waals surface area contributed by atoms with E-state index in [1.54, 1.807) is 0 Å². The lowest BCUT2D eigenvalue weighted by Crippen LogP contribution is -2.42. The zero-order valence-corrected chi connectivity index (χ0v) is 22.7. The molecule has 0 atom stereocenters. The minimum absolute atomic E-state index is 0.696. The summed E-state index contributed by atoms with van der Waals surface area (Å²) in [4.78, 5) is 9.61. The summed E-state index contributed by atoms with van der Waals surface area (Å²) < 4.78 is 6.39. The van der Waals surface area contributed by atoms with Crippen molar-refractivity contribution in [3.8, 4) is 11.6 Å². The van der Waals surface area contributed by atoms with Crippen LogP contribution in [-0.2, 0) is 18.6 Å². The topological polar surface area (TPSA) is 48.8 Å². The standard InChI is InChI=1S/C32H36ClN3O2/c33-27-12-10-26(11-13-27)32(37)14-20-35(21-15-32)19-5-7-24-22-29-25(23-36-17-1-2-18-36)6-3-9-30(29)38-31-28(24)8-4-16-34-31/h3-4,6-13,16,37H,1-2,5,14-15,17-23H2. The summed E-state index contributed by atoms with van der Waals surface area (Å²) in [7, 11) is 0. The van der Waals surface area contributed by atoms with E-state index in [-0.39, 0.29) is 0 Å². The Morgan fingerprint density at radius 1 is 0.947 bits per heavy atom. The Morgan fingerprint density at radius 2 is 1.74 bits per heavy atom. The van der Waals surface area contributed by atoms with E-state index in [0.29, 0.717) is 10.9 Å². The number of hydrogen-bond donors (Lipinski definition) is 1. The number of aliphatic hydroxyl groups is 1. The van der Waals surface area contributed by atoms with Crippen molar-refractivity contribution in [1.29, 1.82) is 0 Å².